The number of quaternary nitrogens is 1. The van der Waals surface area contributed by atoms with Crippen molar-refractivity contribution in [3.05, 3.63) is 29.3 Å². The van der Waals surface area contributed by atoms with Crippen molar-refractivity contribution in [2.45, 2.75) is 0 Å². The minimum atomic E-state index is -0.576. The fourth-order valence-corrected chi connectivity index (χ4v) is 1.78. The summed E-state index contributed by atoms with van der Waals surface area (Å²) in [4.78, 5) is 34.9. The van der Waals surface area contributed by atoms with E-state index in [4.69, 9.17) is 11.6 Å². The van der Waals surface area contributed by atoms with E-state index in [0.717, 1.165) is 0 Å². The third-order valence-corrected chi connectivity index (χ3v) is 2.88. The van der Waals surface area contributed by atoms with Crippen molar-refractivity contribution in [1.29, 1.82) is 0 Å². The molecule has 0 aliphatic carbocycles. The van der Waals surface area contributed by atoms with Gasteiger partial charge in [-0.25, -0.2) is 4.79 Å². The number of halogens is 1. The number of likely N-dealkylation sites (N-methyl/N-ethyl adjacent to an activating group) is 1. The predicted molar refractivity (Wildman–Crippen MR) is 79.3 cm³/mol. The first kappa shape index (κ1) is 16.9. The maximum Gasteiger partial charge on any atom is 0.321 e. The summed E-state index contributed by atoms with van der Waals surface area (Å²) in [6.45, 7) is 0.0791. The van der Waals surface area contributed by atoms with Gasteiger partial charge in [-0.2, -0.15) is 0 Å². The van der Waals surface area contributed by atoms with Gasteiger partial charge in [-0.05, 0) is 12.1 Å². The van der Waals surface area contributed by atoms with E-state index >= 15 is 0 Å². The van der Waals surface area contributed by atoms with E-state index in [9.17, 15) is 14.4 Å². The molecule has 1 aromatic rings. The average Bonchev–Trinajstić information content (AvgIpc) is 2.40. The van der Waals surface area contributed by atoms with Crippen LogP contribution in [0.1, 0.15) is 0 Å². The molecule has 0 spiro atoms. The molecule has 1 aromatic carbocycles. The Morgan fingerprint density at radius 2 is 1.76 bits per heavy atom. The normalized spacial score (nSPS) is 11.4. The van der Waals surface area contributed by atoms with Gasteiger partial charge in [0.05, 0.1) is 17.8 Å². The molecule has 0 bridgehead atoms. The summed E-state index contributed by atoms with van der Waals surface area (Å²) in [7, 11) is 3.09. The number of carbonyl (C=O) groups is 3. The van der Waals surface area contributed by atoms with Gasteiger partial charge in [0, 0.05) is 7.05 Å². The van der Waals surface area contributed by atoms with E-state index in [0.29, 0.717) is 15.6 Å². The average molecular weight is 314 g/mol. The third-order valence-electron chi connectivity index (χ3n) is 2.55. The highest BCUT2D eigenvalue weighted by atomic mass is 35.5. The van der Waals surface area contributed by atoms with Gasteiger partial charge in [-0.3, -0.25) is 14.9 Å². The largest absolute Gasteiger partial charge is 0.341 e. The smallest absolute Gasteiger partial charge is 0.321 e. The first-order valence-electron chi connectivity index (χ1n) is 6.29. The lowest BCUT2D eigenvalue weighted by molar-refractivity contribution is -0.862. The van der Waals surface area contributed by atoms with Crippen molar-refractivity contribution in [1.82, 2.24) is 10.6 Å². The van der Waals surface area contributed by atoms with Gasteiger partial charge in [-0.15, -0.1) is 0 Å². The van der Waals surface area contributed by atoms with Crippen LogP contribution >= 0.6 is 11.6 Å². The van der Waals surface area contributed by atoms with Gasteiger partial charge in [0.2, 0.25) is 0 Å². The Morgan fingerprint density at radius 3 is 2.38 bits per heavy atom. The maximum absolute atomic E-state index is 11.8. The lowest BCUT2D eigenvalue weighted by Gasteiger charge is -2.13. The second-order valence-electron chi connectivity index (χ2n) is 4.47. The molecule has 0 aliphatic heterocycles. The number of hydrogen-bond acceptors (Lipinski definition) is 3. The second kappa shape index (κ2) is 8.23. The van der Waals surface area contributed by atoms with Crippen molar-refractivity contribution < 1.29 is 19.3 Å². The lowest BCUT2D eigenvalue weighted by atomic mass is 10.3. The molecule has 1 atom stereocenters. The van der Waals surface area contributed by atoms with E-state index in [1.165, 1.54) is 7.05 Å². The number of imide groups is 1. The summed E-state index contributed by atoms with van der Waals surface area (Å²) in [5.74, 6) is -0.731. The van der Waals surface area contributed by atoms with E-state index in [1.807, 2.05) is 0 Å². The third kappa shape index (κ3) is 6.24. The molecule has 0 aromatic heterocycles. The highest BCUT2D eigenvalue weighted by Crippen LogP contribution is 2.19. The van der Waals surface area contributed by atoms with E-state index in [1.54, 1.807) is 31.3 Å². The number of anilines is 1. The zero-order valence-corrected chi connectivity index (χ0v) is 12.6. The minimum Gasteiger partial charge on any atom is -0.341 e. The molecule has 114 valence electrons. The summed E-state index contributed by atoms with van der Waals surface area (Å²) in [6, 6.07) is 6.31. The standard InChI is InChI=1S/C13H17ClN4O3/c1-15-13(21)17-12(20)8-18(2)7-11(19)16-10-6-4-3-5-9(10)14/h3-6H,7-8H2,1-2H3,(H,16,19)(H2,15,17,20,21)/p+1. The summed E-state index contributed by atoms with van der Waals surface area (Å²) in [5, 5.41) is 7.51. The van der Waals surface area contributed by atoms with Crippen LogP contribution in [-0.4, -0.2) is 45.0 Å². The van der Waals surface area contributed by atoms with Crippen molar-refractivity contribution in [3.8, 4) is 0 Å². The monoisotopic (exact) mass is 313 g/mol. The highest BCUT2D eigenvalue weighted by Gasteiger charge is 2.16. The molecule has 4 amide bonds. The molecule has 1 unspecified atom stereocenters. The molecule has 0 aliphatic rings. The van der Waals surface area contributed by atoms with Gasteiger partial charge in [-0.1, -0.05) is 23.7 Å². The Bertz CT molecular complexity index is 536. The number of nitrogens with one attached hydrogen (secondary N) is 4. The first-order chi connectivity index (χ1) is 9.92. The van der Waals surface area contributed by atoms with Crippen molar-refractivity contribution in [2.75, 3.05) is 32.5 Å². The van der Waals surface area contributed by atoms with Crippen LogP contribution < -0.4 is 20.9 Å². The van der Waals surface area contributed by atoms with Gasteiger partial charge in [0.1, 0.15) is 0 Å². The molecule has 8 heteroatoms. The molecule has 4 N–H and O–H groups in total. The summed E-state index contributed by atoms with van der Waals surface area (Å²) in [5.41, 5.74) is 0.520. The second-order valence-corrected chi connectivity index (χ2v) is 4.87. The molecule has 0 heterocycles. The van der Waals surface area contributed by atoms with E-state index in [-0.39, 0.29) is 19.0 Å². The van der Waals surface area contributed by atoms with Gasteiger partial charge >= 0.3 is 6.03 Å². The number of benzene rings is 1. The van der Waals surface area contributed by atoms with Crippen LogP contribution in [0.5, 0.6) is 0 Å². The maximum atomic E-state index is 11.8. The number of para-hydroxylation sites is 1. The topological polar surface area (TPSA) is 91.7 Å². The van der Waals surface area contributed by atoms with Gasteiger partial charge in [0.15, 0.2) is 13.1 Å². The number of carbonyl (C=O) groups excluding carboxylic acids is 3. The number of amides is 4. The molecular formula is C13H18ClN4O3+. The lowest BCUT2D eigenvalue weighted by Crippen LogP contribution is -3.11. The molecular weight excluding hydrogens is 296 g/mol. The summed E-state index contributed by atoms with van der Waals surface area (Å²) < 4.78 is 0. The first-order valence-corrected chi connectivity index (χ1v) is 6.67. The molecule has 0 fully saturated rings. The quantitative estimate of drug-likeness (QED) is 0.576. The van der Waals surface area contributed by atoms with E-state index in [2.05, 4.69) is 16.0 Å². The molecule has 21 heavy (non-hydrogen) atoms. The number of hydrogen-bond donors (Lipinski definition) is 4. The Morgan fingerprint density at radius 1 is 1.14 bits per heavy atom. The van der Waals surface area contributed by atoms with Crippen LogP contribution in [-0.2, 0) is 9.59 Å². The fraction of sp³-hybridized carbons (Fsp3) is 0.308. The number of rotatable bonds is 5. The van der Waals surface area contributed by atoms with Crippen LogP contribution in [0.3, 0.4) is 0 Å². The minimum absolute atomic E-state index is 0.00334. The fourth-order valence-electron chi connectivity index (χ4n) is 1.60. The van der Waals surface area contributed by atoms with Crippen LogP contribution in [0, 0.1) is 0 Å². The molecule has 1 rings (SSSR count). The Labute approximate surface area is 127 Å². The van der Waals surface area contributed by atoms with Crippen molar-refractivity contribution >= 4 is 35.1 Å². The van der Waals surface area contributed by atoms with Gasteiger partial charge in [0.25, 0.3) is 11.8 Å². The Kier molecular flexibility index (Phi) is 6.64. The Balaban J connectivity index is 2.42. The van der Waals surface area contributed by atoms with Crippen LogP contribution in [0.2, 0.25) is 5.02 Å². The molecule has 7 nitrogen and oxygen atoms in total. The summed E-state index contributed by atoms with van der Waals surface area (Å²) >= 11 is 5.93. The highest BCUT2D eigenvalue weighted by molar-refractivity contribution is 6.33. The molecule has 0 saturated carbocycles. The zero-order valence-electron chi connectivity index (χ0n) is 11.8. The molecule has 0 radical (unpaired) electrons. The molecule has 0 saturated heterocycles. The SMILES string of the molecule is CNC(=O)NC(=O)C[NH+](C)CC(=O)Nc1ccccc1Cl. The van der Waals surface area contributed by atoms with Crippen molar-refractivity contribution in [3.63, 3.8) is 0 Å². The van der Waals surface area contributed by atoms with E-state index < -0.39 is 11.9 Å². The number of urea groups is 1. The van der Waals surface area contributed by atoms with Crippen LogP contribution in [0.4, 0.5) is 10.5 Å². The van der Waals surface area contributed by atoms with Crippen LogP contribution in [0.25, 0.3) is 0 Å². The van der Waals surface area contributed by atoms with Gasteiger partial charge < -0.3 is 15.5 Å². The summed E-state index contributed by atoms with van der Waals surface area (Å²) in [6.07, 6.45) is 0. The predicted octanol–water partition coefficient (Wildman–Crippen LogP) is -0.751. The van der Waals surface area contributed by atoms with Crippen LogP contribution in [0.15, 0.2) is 24.3 Å². The van der Waals surface area contributed by atoms with Crippen molar-refractivity contribution in [2.24, 2.45) is 0 Å². The Hall–Kier alpha value is -2.12. The zero-order chi connectivity index (χ0) is 15.8.